The summed E-state index contributed by atoms with van der Waals surface area (Å²) in [5.74, 6) is -0.352. The molecular formula is C17H17N5O3. The Morgan fingerprint density at radius 3 is 2.52 bits per heavy atom. The lowest BCUT2D eigenvalue weighted by molar-refractivity contribution is 0.0939. The van der Waals surface area contributed by atoms with Crippen LogP contribution in [-0.4, -0.2) is 25.0 Å². The minimum atomic E-state index is -0.484. The number of nitrogens with one attached hydrogen (secondary N) is 1. The van der Waals surface area contributed by atoms with Gasteiger partial charge in [-0.25, -0.2) is 9.78 Å². The molecule has 0 aliphatic heterocycles. The Bertz CT molecular complexity index is 1070. The molecule has 3 aromatic rings. The van der Waals surface area contributed by atoms with Gasteiger partial charge < -0.3 is 5.32 Å². The van der Waals surface area contributed by atoms with E-state index in [0.29, 0.717) is 0 Å². The zero-order valence-corrected chi connectivity index (χ0v) is 14.1. The van der Waals surface area contributed by atoms with Gasteiger partial charge in [-0.1, -0.05) is 0 Å². The third-order valence-electron chi connectivity index (χ3n) is 4.11. The Labute approximate surface area is 142 Å². The Morgan fingerprint density at radius 2 is 1.84 bits per heavy atom. The second-order valence-electron chi connectivity index (χ2n) is 5.78. The van der Waals surface area contributed by atoms with Gasteiger partial charge in [-0.05, 0) is 30.7 Å². The first-order valence-electron chi connectivity index (χ1n) is 7.66. The second-order valence-corrected chi connectivity index (χ2v) is 5.78. The Balaban J connectivity index is 1.98. The lowest BCUT2D eigenvalue weighted by atomic mass is 10.1. The number of amides is 1. The molecule has 0 bridgehead atoms. The minimum Gasteiger partial charge on any atom is -0.345 e. The van der Waals surface area contributed by atoms with Crippen molar-refractivity contribution in [1.82, 2.24) is 24.4 Å². The third-order valence-corrected chi connectivity index (χ3v) is 4.11. The molecule has 0 aliphatic carbocycles. The Kier molecular flexibility index (Phi) is 4.18. The first-order chi connectivity index (χ1) is 11.9. The van der Waals surface area contributed by atoms with Crippen LogP contribution in [0.25, 0.3) is 11.0 Å². The minimum absolute atomic E-state index is 0.216. The molecule has 128 valence electrons. The lowest BCUT2D eigenvalue weighted by Gasteiger charge is -2.14. The smallest absolute Gasteiger partial charge is 0.332 e. The summed E-state index contributed by atoms with van der Waals surface area (Å²) in [5, 5.41) is 3.07. The maximum absolute atomic E-state index is 12.5. The molecule has 0 saturated carbocycles. The zero-order valence-electron chi connectivity index (χ0n) is 14.1. The van der Waals surface area contributed by atoms with Crippen molar-refractivity contribution in [3.05, 3.63) is 68.8 Å². The van der Waals surface area contributed by atoms with E-state index in [4.69, 9.17) is 0 Å². The SMILES string of the molecule is C[C@H](NC(=O)c1cnc2c(c1)c(=O)n(C)c(=O)n2C)c1ccncc1. The molecule has 1 amide bonds. The van der Waals surface area contributed by atoms with Crippen molar-refractivity contribution < 1.29 is 4.79 Å². The van der Waals surface area contributed by atoms with Crippen LogP contribution in [-0.2, 0) is 14.1 Å². The van der Waals surface area contributed by atoms with Gasteiger partial charge in [0.25, 0.3) is 11.5 Å². The number of rotatable bonds is 3. The molecule has 0 spiro atoms. The van der Waals surface area contributed by atoms with Crippen molar-refractivity contribution >= 4 is 16.9 Å². The molecule has 0 fully saturated rings. The van der Waals surface area contributed by atoms with Gasteiger partial charge in [0.05, 0.1) is 17.0 Å². The van der Waals surface area contributed by atoms with Crippen molar-refractivity contribution in [3.8, 4) is 0 Å². The maximum Gasteiger partial charge on any atom is 0.332 e. The predicted octanol–water partition coefficient (Wildman–Crippen LogP) is 0.518. The summed E-state index contributed by atoms with van der Waals surface area (Å²) in [6.07, 6.45) is 4.66. The number of fused-ring (bicyclic) bond motifs is 1. The number of nitrogens with zero attached hydrogens (tertiary/aromatic N) is 4. The lowest BCUT2D eigenvalue weighted by Crippen LogP contribution is -2.37. The summed E-state index contributed by atoms with van der Waals surface area (Å²) >= 11 is 0. The van der Waals surface area contributed by atoms with Crippen LogP contribution in [0.4, 0.5) is 0 Å². The number of carbonyl (C=O) groups is 1. The van der Waals surface area contributed by atoms with E-state index in [-0.39, 0.29) is 28.5 Å². The summed E-state index contributed by atoms with van der Waals surface area (Å²) in [5.41, 5.74) is 0.460. The van der Waals surface area contributed by atoms with Crippen LogP contribution in [0.15, 0.2) is 46.4 Å². The standard InChI is InChI=1S/C17H17N5O3/c1-10(11-4-6-18-7-5-11)20-15(23)12-8-13-14(19-9-12)21(2)17(25)22(3)16(13)24/h4-10H,1-3H3,(H,20,23)/t10-/m0/s1. The van der Waals surface area contributed by atoms with Crippen molar-refractivity contribution in [3.63, 3.8) is 0 Å². The first-order valence-corrected chi connectivity index (χ1v) is 7.66. The quantitative estimate of drug-likeness (QED) is 0.750. The van der Waals surface area contributed by atoms with E-state index in [0.717, 1.165) is 10.1 Å². The van der Waals surface area contributed by atoms with Crippen molar-refractivity contribution in [2.75, 3.05) is 0 Å². The molecule has 3 heterocycles. The van der Waals surface area contributed by atoms with Crippen LogP contribution < -0.4 is 16.6 Å². The van der Waals surface area contributed by atoms with E-state index < -0.39 is 11.2 Å². The number of hydrogen-bond donors (Lipinski definition) is 1. The highest BCUT2D eigenvalue weighted by Crippen LogP contribution is 2.13. The summed E-state index contributed by atoms with van der Waals surface area (Å²) in [4.78, 5) is 44.8. The van der Waals surface area contributed by atoms with Gasteiger partial charge in [0.15, 0.2) is 0 Å². The van der Waals surface area contributed by atoms with E-state index in [1.54, 1.807) is 12.4 Å². The van der Waals surface area contributed by atoms with Gasteiger partial charge in [-0.2, -0.15) is 0 Å². The molecule has 3 rings (SSSR count). The van der Waals surface area contributed by atoms with E-state index in [2.05, 4.69) is 15.3 Å². The van der Waals surface area contributed by atoms with Crippen LogP contribution in [0.3, 0.4) is 0 Å². The molecule has 3 aromatic heterocycles. The van der Waals surface area contributed by atoms with E-state index >= 15 is 0 Å². The second kappa shape index (κ2) is 6.31. The van der Waals surface area contributed by atoms with Gasteiger partial charge in [0, 0.05) is 32.7 Å². The summed E-state index contributed by atoms with van der Waals surface area (Å²) in [6, 6.07) is 4.86. The number of aromatic nitrogens is 4. The van der Waals surface area contributed by atoms with Crippen LogP contribution in [0.5, 0.6) is 0 Å². The highest BCUT2D eigenvalue weighted by molar-refractivity contribution is 5.96. The third kappa shape index (κ3) is 2.93. The van der Waals surface area contributed by atoms with Crippen LogP contribution in [0.2, 0.25) is 0 Å². The molecule has 0 aromatic carbocycles. The van der Waals surface area contributed by atoms with E-state index in [1.807, 2.05) is 19.1 Å². The molecule has 0 aliphatic rings. The maximum atomic E-state index is 12.5. The van der Waals surface area contributed by atoms with E-state index in [9.17, 15) is 14.4 Å². The monoisotopic (exact) mass is 339 g/mol. The highest BCUT2D eigenvalue weighted by atomic mass is 16.2. The fraction of sp³-hybridized carbons (Fsp3) is 0.235. The van der Waals surface area contributed by atoms with Crippen molar-refractivity contribution in [2.24, 2.45) is 14.1 Å². The molecule has 25 heavy (non-hydrogen) atoms. The fourth-order valence-corrected chi connectivity index (χ4v) is 2.60. The van der Waals surface area contributed by atoms with Gasteiger partial charge in [0.2, 0.25) is 0 Å². The number of hydrogen-bond acceptors (Lipinski definition) is 5. The molecule has 1 atom stereocenters. The summed E-state index contributed by atoms with van der Waals surface area (Å²) in [7, 11) is 2.92. The van der Waals surface area contributed by atoms with Crippen LogP contribution >= 0.6 is 0 Å². The van der Waals surface area contributed by atoms with E-state index in [1.165, 1.54) is 30.9 Å². The topological polar surface area (TPSA) is 98.9 Å². The molecular weight excluding hydrogens is 322 g/mol. The van der Waals surface area contributed by atoms with Crippen molar-refractivity contribution in [2.45, 2.75) is 13.0 Å². The van der Waals surface area contributed by atoms with Crippen LogP contribution in [0, 0.1) is 0 Å². The molecule has 0 unspecified atom stereocenters. The molecule has 1 N–H and O–H groups in total. The predicted molar refractivity (Wildman–Crippen MR) is 92.3 cm³/mol. The van der Waals surface area contributed by atoms with Gasteiger partial charge in [-0.3, -0.25) is 23.7 Å². The Morgan fingerprint density at radius 1 is 1.16 bits per heavy atom. The number of carbonyl (C=O) groups excluding carboxylic acids is 1. The fourth-order valence-electron chi connectivity index (χ4n) is 2.60. The van der Waals surface area contributed by atoms with Crippen LogP contribution in [0.1, 0.15) is 28.9 Å². The zero-order chi connectivity index (χ0) is 18.1. The normalized spacial score (nSPS) is 12.1. The number of aryl methyl sites for hydroxylation is 1. The molecule has 8 heteroatoms. The highest BCUT2D eigenvalue weighted by Gasteiger charge is 2.15. The average Bonchev–Trinajstić information content (AvgIpc) is 2.64. The summed E-state index contributed by atoms with van der Waals surface area (Å²) in [6.45, 7) is 1.85. The average molecular weight is 339 g/mol. The largest absolute Gasteiger partial charge is 0.345 e. The van der Waals surface area contributed by atoms with Gasteiger partial charge in [0.1, 0.15) is 5.65 Å². The first kappa shape index (κ1) is 16.6. The molecule has 0 saturated heterocycles. The molecule has 8 nitrogen and oxygen atoms in total. The van der Waals surface area contributed by atoms with Gasteiger partial charge >= 0.3 is 5.69 Å². The summed E-state index contributed by atoms with van der Waals surface area (Å²) < 4.78 is 2.27. The van der Waals surface area contributed by atoms with Gasteiger partial charge in [-0.15, -0.1) is 0 Å². The number of pyridine rings is 2. The Hall–Kier alpha value is -3.29. The molecule has 0 radical (unpaired) electrons. The van der Waals surface area contributed by atoms with Crippen molar-refractivity contribution in [1.29, 1.82) is 0 Å².